The fraction of sp³-hybridized carbons (Fsp3) is 0.500. The van der Waals surface area contributed by atoms with Crippen molar-refractivity contribution in [1.82, 2.24) is 24.7 Å². The predicted octanol–water partition coefficient (Wildman–Crippen LogP) is 0.941. The van der Waals surface area contributed by atoms with E-state index in [1.54, 1.807) is 12.4 Å². The Morgan fingerprint density at radius 2 is 2.10 bits per heavy atom. The van der Waals surface area contributed by atoms with Crippen molar-refractivity contribution in [3.05, 3.63) is 24.0 Å². The molecular formula is C12H18N8. The molecule has 2 aromatic heterocycles. The van der Waals surface area contributed by atoms with Gasteiger partial charge in [-0.15, -0.1) is 10.2 Å². The van der Waals surface area contributed by atoms with E-state index in [-0.39, 0.29) is 6.04 Å². The van der Waals surface area contributed by atoms with E-state index in [1.165, 1.54) is 0 Å². The lowest BCUT2D eigenvalue weighted by Gasteiger charge is -2.15. The summed E-state index contributed by atoms with van der Waals surface area (Å²) >= 11 is 0. The Kier molecular flexibility index (Phi) is 3.23. The minimum Gasteiger partial charge on any atom is -0.360 e. The molecule has 0 amide bonds. The van der Waals surface area contributed by atoms with Gasteiger partial charge in [0, 0.05) is 19.0 Å². The highest BCUT2D eigenvalue weighted by molar-refractivity contribution is 5.48. The molecule has 0 spiro atoms. The molecule has 8 heteroatoms. The van der Waals surface area contributed by atoms with Crippen molar-refractivity contribution in [1.29, 1.82) is 0 Å². The van der Waals surface area contributed by atoms with E-state index in [0.29, 0.717) is 11.7 Å². The van der Waals surface area contributed by atoms with E-state index >= 15 is 0 Å². The normalized spacial score (nSPS) is 15.9. The topological polar surface area (TPSA) is 107 Å². The zero-order valence-corrected chi connectivity index (χ0v) is 11.5. The second-order valence-corrected chi connectivity index (χ2v) is 5.08. The first-order valence-corrected chi connectivity index (χ1v) is 6.63. The van der Waals surface area contributed by atoms with Gasteiger partial charge in [-0.2, -0.15) is 0 Å². The third kappa shape index (κ3) is 2.55. The molecule has 1 unspecified atom stereocenters. The van der Waals surface area contributed by atoms with E-state index in [2.05, 4.69) is 30.9 Å². The summed E-state index contributed by atoms with van der Waals surface area (Å²) in [6.07, 6.45) is 3.97. The summed E-state index contributed by atoms with van der Waals surface area (Å²) < 4.78 is 1.88. The van der Waals surface area contributed by atoms with Crippen LogP contribution in [0.5, 0.6) is 0 Å². The number of hydrogen-bond acceptors (Lipinski definition) is 7. The van der Waals surface area contributed by atoms with E-state index in [1.807, 2.05) is 18.5 Å². The molecule has 8 nitrogen and oxygen atoms in total. The summed E-state index contributed by atoms with van der Waals surface area (Å²) in [5.74, 6) is 8.98. The Labute approximate surface area is 116 Å². The van der Waals surface area contributed by atoms with Crippen LogP contribution in [0.2, 0.25) is 0 Å². The zero-order valence-electron chi connectivity index (χ0n) is 11.5. The van der Waals surface area contributed by atoms with E-state index in [9.17, 15) is 0 Å². The summed E-state index contributed by atoms with van der Waals surface area (Å²) in [4.78, 5) is 8.93. The zero-order chi connectivity index (χ0) is 14.1. The van der Waals surface area contributed by atoms with Gasteiger partial charge < -0.3 is 15.3 Å². The molecule has 0 aromatic carbocycles. The monoisotopic (exact) mass is 274 g/mol. The van der Waals surface area contributed by atoms with Crippen LogP contribution in [0, 0.1) is 0 Å². The quantitative estimate of drug-likeness (QED) is 0.550. The molecule has 0 saturated heterocycles. The van der Waals surface area contributed by atoms with Gasteiger partial charge in [0.2, 0.25) is 0 Å². The predicted molar refractivity (Wildman–Crippen MR) is 74.9 cm³/mol. The van der Waals surface area contributed by atoms with Gasteiger partial charge in [0.15, 0.2) is 5.82 Å². The molecule has 1 aliphatic carbocycles. The summed E-state index contributed by atoms with van der Waals surface area (Å²) in [6, 6.07) is 1.79. The first kappa shape index (κ1) is 12.8. The lowest BCUT2D eigenvalue weighted by atomic mass is 10.3. The Morgan fingerprint density at radius 1 is 1.35 bits per heavy atom. The number of nitrogens with two attached hydrogens (primary N) is 1. The molecule has 3 rings (SSSR count). The van der Waals surface area contributed by atoms with Gasteiger partial charge in [-0.3, -0.25) is 0 Å². The van der Waals surface area contributed by atoms with Crippen molar-refractivity contribution in [3.8, 4) is 0 Å². The first-order chi connectivity index (χ1) is 9.67. The average Bonchev–Trinajstić information content (AvgIpc) is 3.20. The van der Waals surface area contributed by atoms with Crippen LogP contribution in [0.25, 0.3) is 0 Å². The number of hydrazine groups is 1. The van der Waals surface area contributed by atoms with Gasteiger partial charge >= 0.3 is 0 Å². The van der Waals surface area contributed by atoms with Crippen LogP contribution in [-0.4, -0.2) is 24.7 Å². The average molecular weight is 274 g/mol. The fourth-order valence-corrected chi connectivity index (χ4v) is 2.11. The van der Waals surface area contributed by atoms with Crippen molar-refractivity contribution >= 4 is 11.6 Å². The van der Waals surface area contributed by atoms with Crippen molar-refractivity contribution in [2.24, 2.45) is 12.9 Å². The van der Waals surface area contributed by atoms with Crippen molar-refractivity contribution in [3.63, 3.8) is 0 Å². The summed E-state index contributed by atoms with van der Waals surface area (Å²) in [5, 5.41) is 11.3. The van der Waals surface area contributed by atoms with Crippen LogP contribution in [0.15, 0.2) is 12.4 Å². The standard InChI is InChI=1S/C12H18N8/c1-7(12-19-14-6-20(12)2)15-9-5-10(18-13)17-11(16-9)8-3-4-8/h5-8H,3-4,13H2,1-2H3,(H2,15,16,17,18). The van der Waals surface area contributed by atoms with Gasteiger partial charge in [-0.05, 0) is 19.8 Å². The maximum Gasteiger partial charge on any atom is 0.154 e. The Balaban J connectivity index is 1.82. The largest absolute Gasteiger partial charge is 0.360 e. The molecule has 1 saturated carbocycles. The lowest BCUT2D eigenvalue weighted by Crippen LogP contribution is -2.15. The maximum absolute atomic E-state index is 5.46. The molecule has 2 heterocycles. The molecular weight excluding hydrogens is 256 g/mol. The lowest BCUT2D eigenvalue weighted by molar-refractivity contribution is 0.714. The number of nitrogen functional groups attached to an aromatic ring is 1. The molecule has 0 bridgehead atoms. The SMILES string of the molecule is CC(Nc1cc(NN)nc(C2CC2)n1)c1nncn1C. The molecule has 0 aliphatic heterocycles. The second-order valence-electron chi connectivity index (χ2n) is 5.08. The summed E-state index contributed by atoms with van der Waals surface area (Å²) in [6.45, 7) is 2.01. The minimum absolute atomic E-state index is 0.00456. The van der Waals surface area contributed by atoms with Crippen LogP contribution in [0.3, 0.4) is 0 Å². The number of aromatic nitrogens is 5. The molecule has 1 atom stereocenters. The van der Waals surface area contributed by atoms with Gasteiger partial charge in [0.25, 0.3) is 0 Å². The second kappa shape index (κ2) is 5.04. The highest BCUT2D eigenvalue weighted by Gasteiger charge is 2.27. The van der Waals surface area contributed by atoms with Crippen molar-refractivity contribution in [2.75, 3.05) is 10.7 Å². The molecule has 1 fully saturated rings. The number of anilines is 2. The van der Waals surface area contributed by atoms with Gasteiger partial charge in [0.1, 0.15) is 23.8 Å². The van der Waals surface area contributed by atoms with Gasteiger partial charge in [-0.25, -0.2) is 15.8 Å². The van der Waals surface area contributed by atoms with E-state index in [4.69, 9.17) is 5.84 Å². The van der Waals surface area contributed by atoms with Crippen LogP contribution in [0.1, 0.15) is 43.4 Å². The molecule has 1 aliphatic rings. The highest BCUT2D eigenvalue weighted by Crippen LogP contribution is 2.38. The molecule has 20 heavy (non-hydrogen) atoms. The number of hydrogen-bond donors (Lipinski definition) is 3. The van der Waals surface area contributed by atoms with Crippen molar-refractivity contribution < 1.29 is 0 Å². The smallest absolute Gasteiger partial charge is 0.154 e. The van der Waals surface area contributed by atoms with Crippen LogP contribution >= 0.6 is 0 Å². The third-order valence-electron chi connectivity index (χ3n) is 3.33. The fourth-order valence-electron chi connectivity index (χ4n) is 2.11. The number of aryl methyl sites for hydroxylation is 1. The molecule has 0 radical (unpaired) electrons. The van der Waals surface area contributed by atoms with E-state index in [0.717, 1.165) is 30.3 Å². The molecule has 2 aromatic rings. The summed E-state index contributed by atoms with van der Waals surface area (Å²) in [5.41, 5.74) is 2.59. The first-order valence-electron chi connectivity index (χ1n) is 6.63. The third-order valence-corrected chi connectivity index (χ3v) is 3.33. The van der Waals surface area contributed by atoms with Crippen LogP contribution in [0.4, 0.5) is 11.6 Å². The number of nitrogens with one attached hydrogen (secondary N) is 2. The Hall–Kier alpha value is -2.22. The highest BCUT2D eigenvalue weighted by atomic mass is 15.3. The Morgan fingerprint density at radius 3 is 2.70 bits per heavy atom. The number of nitrogens with zero attached hydrogens (tertiary/aromatic N) is 5. The van der Waals surface area contributed by atoms with Crippen LogP contribution in [-0.2, 0) is 7.05 Å². The van der Waals surface area contributed by atoms with Crippen molar-refractivity contribution in [2.45, 2.75) is 31.7 Å². The minimum atomic E-state index is -0.00456. The Bertz CT molecular complexity index is 603. The van der Waals surface area contributed by atoms with Gasteiger partial charge in [0.05, 0.1) is 6.04 Å². The molecule has 4 N–H and O–H groups in total. The van der Waals surface area contributed by atoms with E-state index < -0.39 is 0 Å². The molecule has 106 valence electrons. The number of rotatable bonds is 5. The summed E-state index contributed by atoms with van der Waals surface area (Å²) in [7, 11) is 1.91. The van der Waals surface area contributed by atoms with Crippen LogP contribution < -0.4 is 16.6 Å². The maximum atomic E-state index is 5.46. The van der Waals surface area contributed by atoms with Gasteiger partial charge in [-0.1, -0.05) is 0 Å².